The first-order chi connectivity index (χ1) is 12.7. The summed E-state index contributed by atoms with van der Waals surface area (Å²) >= 11 is 5.89. The lowest BCUT2D eigenvalue weighted by Crippen LogP contribution is -2.11. The highest BCUT2D eigenvalue weighted by molar-refractivity contribution is 6.30. The van der Waals surface area contributed by atoms with Gasteiger partial charge in [-0.3, -0.25) is 0 Å². The minimum atomic E-state index is -0.220. The van der Waals surface area contributed by atoms with E-state index in [1.165, 1.54) is 17.7 Å². The van der Waals surface area contributed by atoms with Crippen molar-refractivity contribution in [3.8, 4) is 0 Å². The van der Waals surface area contributed by atoms with Gasteiger partial charge in [-0.2, -0.15) is 4.98 Å². The zero-order valence-corrected chi connectivity index (χ0v) is 15.0. The molecule has 0 aliphatic rings. The third kappa shape index (κ3) is 5.70. The van der Waals surface area contributed by atoms with Gasteiger partial charge in [0.1, 0.15) is 11.6 Å². The zero-order valence-electron chi connectivity index (χ0n) is 14.3. The summed E-state index contributed by atoms with van der Waals surface area (Å²) in [7, 11) is 0. The third-order valence-electron chi connectivity index (χ3n) is 3.90. The largest absolute Gasteiger partial charge is 0.370 e. The molecule has 2 aromatic carbocycles. The molecule has 3 rings (SSSR count). The minimum Gasteiger partial charge on any atom is -0.370 e. The molecule has 1 aromatic heterocycles. The van der Waals surface area contributed by atoms with Crippen LogP contribution in [0.4, 0.5) is 16.2 Å². The summed E-state index contributed by atoms with van der Waals surface area (Å²) in [5.41, 5.74) is 2.28. The van der Waals surface area contributed by atoms with Gasteiger partial charge in [0.15, 0.2) is 0 Å². The Balaban J connectivity index is 1.45. The number of hydrogen-bond donors (Lipinski definition) is 2. The summed E-state index contributed by atoms with van der Waals surface area (Å²) < 4.78 is 12.9. The van der Waals surface area contributed by atoms with E-state index >= 15 is 0 Å². The van der Waals surface area contributed by atoms with Crippen LogP contribution >= 0.6 is 11.6 Å². The molecule has 0 saturated carbocycles. The standard InChI is InChI=1S/C20H20ClFN4/c21-17-5-1-15(2-6-17)9-12-23-19-11-14-25-20(26-19)24-13-10-16-3-7-18(22)8-4-16/h1-8,11,14H,9-10,12-13H2,(H2,23,24,25,26). The van der Waals surface area contributed by atoms with Crippen LogP contribution in [0, 0.1) is 5.82 Å². The maximum absolute atomic E-state index is 12.9. The topological polar surface area (TPSA) is 49.8 Å². The van der Waals surface area contributed by atoms with Gasteiger partial charge in [0.2, 0.25) is 5.95 Å². The average Bonchev–Trinajstić information content (AvgIpc) is 2.65. The number of nitrogens with one attached hydrogen (secondary N) is 2. The van der Waals surface area contributed by atoms with Crippen LogP contribution in [0.15, 0.2) is 60.8 Å². The average molecular weight is 371 g/mol. The third-order valence-corrected chi connectivity index (χ3v) is 4.15. The van der Waals surface area contributed by atoms with Crippen molar-refractivity contribution in [3.05, 3.63) is 82.8 Å². The Bertz CT molecular complexity index is 755. The van der Waals surface area contributed by atoms with Crippen molar-refractivity contribution in [3.63, 3.8) is 0 Å². The van der Waals surface area contributed by atoms with E-state index in [4.69, 9.17) is 11.6 Å². The van der Waals surface area contributed by atoms with Gasteiger partial charge in [-0.25, -0.2) is 9.37 Å². The number of hydrogen-bond acceptors (Lipinski definition) is 4. The van der Waals surface area contributed by atoms with Gasteiger partial charge in [-0.15, -0.1) is 0 Å². The molecule has 3 aromatic rings. The molecule has 0 fully saturated rings. The van der Waals surface area contributed by atoms with Gasteiger partial charge in [0.25, 0.3) is 0 Å². The van der Waals surface area contributed by atoms with Crippen LogP contribution in [0.3, 0.4) is 0 Å². The summed E-state index contributed by atoms with van der Waals surface area (Å²) in [5, 5.41) is 7.23. The first-order valence-corrected chi connectivity index (χ1v) is 8.86. The Hall–Kier alpha value is -2.66. The van der Waals surface area contributed by atoms with E-state index in [1.54, 1.807) is 18.3 Å². The number of benzene rings is 2. The van der Waals surface area contributed by atoms with E-state index in [2.05, 4.69) is 20.6 Å². The Morgan fingerprint density at radius 1 is 0.808 bits per heavy atom. The molecule has 0 amide bonds. The summed E-state index contributed by atoms with van der Waals surface area (Å²) in [6, 6.07) is 16.2. The second-order valence-electron chi connectivity index (χ2n) is 5.87. The molecular formula is C20H20ClFN4. The monoisotopic (exact) mass is 370 g/mol. The van der Waals surface area contributed by atoms with Gasteiger partial charge in [-0.1, -0.05) is 35.9 Å². The van der Waals surface area contributed by atoms with Gasteiger partial charge < -0.3 is 10.6 Å². The Morgan fingerprint density at radius 3 is 2.12 bits per heavy atom. The fourth-order valence-corrected chi connectivity index (χ4v) is 2.62. The highest BCUT2D eigenvalue weighted by Crippen LogP contribution is 2.11. The van der Waals surface area contributed by atoms with Gasteiger partial charge >= 0.3 is 0 Å². The number of aromatic nitrogens is 2. The Labute approximate surface area is 157 Å². The molecule has 2 N–H and O–H groups in total. The molecule has 0 radical (unpaired) electrons. The first-order valence-electron chi connectivity index (χ1n) is 8.49. The molecule has 0 unspecified atom stereocenters. The molecule has 0 bridgehead atoms. The molecule has 0 saturated heterocycles. The molecule has 0 aliphatic heterocycles. The highest BCUT2D eigenvalue weighted by Gasteiger charge is 2.00. The van der Waals surface area contributed by atoms with Crippen LogP contribution in [0.2, 0.25) is 5.02 Å². The fraction of sp³-hybridized carbons (Fsp3) is 0.200. The predicted octanol–water partition coefficient (Wildman–Crippen LogP) is 4.58. The molecule has 6 heteroatoms. The highest BCUT2D eigenvalue weighted by atomic mass is 35.5. The first kappa shape index (κ1) is 18.1. The van der Waals surface area contributed by atoms with E-state index in [0.29, 0.717) is 12.5 Å². The predicted molar refractivity (Wildman–Crippen MR) is 104 cm³/mol. The van der Waals surface area contributed by atoms with Crippen molar-refractivity contribution >= 4 is 23.4 Å². The zero-order chi connectivity index (χ0) is 18.2. The van der Waals surface area contributed by atoms with Crippen molar-refractivity contribution in [1.29, 1.82) is 0 Å². The normalized spacial score (nSPS) is 10.5. The number of halogens is 2. The summed E-state index contributed by atoms with van der Waals surface area (Å²) in [6.07, 6.45) is 3.38. The molecule has 0 spiro atoms. The van der Waals surface area contributed by atoms with E-state index in [0.717, 1.165) is 35.8 Å². The number of rotatable bonds is 8. The van der Waals surface area contributed by atoms with Gasteiger partial charge in [0.05, 0.1) is 0 Å². The molecule has 1 heterocycles. The number of anilines is 2. The van der Waals surface area contributed by atoms with Crippen molar-refractivity contribution in [2.45, 2.75) is 12.8 Å². The molecule has 134 valence electrons. The second-order valence-corrected chi connectivity index (χ2v) is 6.31. The lowest BCUT2D eigenvalue weighted by atomic mass is 10.1. The van der Waals surface area contributed by atoms with E-state index in [-0.39, 0.29) is 5.82 Å². The quantitative estimate of drug-likeness (QED) is 0.609. The van der Waals surface area contributed by atoms with Crippen molar-refractivity contribution in [1.82, 2.24) is 9.97 Å². The molecule has 4 nitrogen and oxygen atoms in total. The summed E-state index contributed by atoms with van der Waals surface area (Å²) in [6.45, 7) is 1.45. The lowest BCUT2D eigenvalue weighted by Gasteiger charge is -2.09. The van der Waals surface area contributed by atoms with Gasteiger partial charge in [-0.05, 0) is 54.3 Å². The molecule has 0 atom stereocenters. The molecule has 0 aliphatic carbocycles. The van der Waals surface area contributed by atoms with Crippen LogP contribution in [-0.2, 0) is 12.8 Å². The summed E-state index contributed by atoms with van der Waals surface area (Å²) in [4.78, 5) is 8.67. The van der Waals surface area contributed by atoms with Crippen LogP contribution in [0.1, 0.15) is 11.1 Å². The van der Waals surface area contributed by atoms with Crippen LogP contribution in [0.25, 0.3) is 0 Å². The van der Waals surface area contributed by atoms with Crippen molar-refractivity contribution < 1.29 is 4.39 Å². The molecule has 26 heavy (non-hydrogen) atoms. The lowest BCUT2D eigenvalue weighted by molar-refractivity contribution is 0.627. The SMILES string of the molecule is Fc1ccc(CCNc2nccc(NCCc3ccc(Cl)cc3)n2)cc1. The number of nitrogens with zero attached hydrogens (tertiary/aromatic N) is 2. The maximum Gasteiger partial charge on any atom is 0.224 e. The second kappa shape index (κ2) is 9.15. The Kier molecular flexibility index (Phi) is 6.39. The maximum atomic E-state index is 12.9. The fourth-order valence-electron chi connectivity index (χ4n) is 2.50. The Morgan fingerprint density at radius 2 is 1.42 bits per heavy atom. The smallest absolute Gasteiger partial charge is 0.224 e. The van der Waals surface area contributed by atoms with Crippen molar-refractivity contribution in [2.24, 2.45) is 0 Å². The van der Waals surface area contributed by atoms with E-state index in [9.17, 15) is 4.39 Å². The van der Waals surface area contributed by atoms with Crippen LogP contribution in [-0.4, -0.2) is 23.1 Å². The van der Waals surface area contributed by atoms with Crippen molar-refractivity contribution in [2.75, 3.05) is 23.7 Å². The summed E-state index contributed by atoms with van der Waals surface area (Å²) in [5.74, 6) is 1.13. The minimum absolute atomic E-state index is 0.220. The van der Waals surface area contributed by atoms with Gasteiger partial charge in [0, 0.05) is 24.3 Å². The van der Waals surface area contributed by atoms with Crippen LogP contribution in [0.5, 0.6) is 0 Å². The molecular weight excluding hydrogens is 351 g/mol. The van der Waals surface area contributed by atoms with E-state index in [1.807, 2.05) is 30.3 Å². The van der Waals surface area contributed by atoms with Crippen LogP contribution < -0.4 is 10.6 Å². The van der Waals surface area contributed by atoms with E-state index < -0.39 is 0 Å².